The highest BCUT2D eigenvalue weighted by molar-refractivity contribution is 7.80. The largest absolute Gasteiger partial charge is 0.457 e. The van der Waals surface area contributed by atoms with Crippen LogP contribution in [-0.4, -0.2) is 4.99 Å². The first-order chi connectivity index (χ1) is 8.56. The highest BCUT2D eigenvalue weighted by atomic mass is 35.5. The quantitative estimate of drug-likeness (QED) is 0.859. The van der Waals surface area contributed by atoms with Crippen molar-refractivity contribution in [2.75, 3.05) is 0 Å². The van der Waals surface area contributed by atoms with E-state index in [2.05, 4.69) is 0 Å². The van der Waals surface area contributed by atoms with Crippen molar-refractivity contribution in [2.45, 2.75) is 6.92 Å². The molecule has 2 aromatic carbocycles. The van der Waals surface area contributed by atoms with E-state index in [1.54, 1.807) is 12.1 Å². The number of halogens is 1. The highest BCUT2D eigenvalue weighted by Gasteiger charge is 2.08. The Balaban J connectivity index is 2.37. The first kappa shape index (κ1) is 12.9. The van der Waals surface area contributed by atoms with E-state index in [0.717, 1.165) is 11.1 Å². The molecule has 0 aliphatic carbocycles. The summed E-state index contributed by atoms with van der Waals surface area (Å²) in [6.07, 6.45) is 0. The van der Waals surface area contributed by atoms with Crippen LogP contribution >= 0.6 is 23.8 Å². The van der Waals surface area contributed by atoms with Crippen molar-refractivity contribution < 1.29 is 4.74 Å². The lowest BCUT2D eigenvalue weighted by atomic mass is 10.1. The summed E-state index contributed by atoms with van der Waals surface area (Å²) in [5.74, 6) is 1.29. The first-order valence-electron chi connectivity index (χ1n) is 5.40. The van der Waals surface area contributed by atoms with Gasteiger partial charge in [-0.25, -0.2) is 0 Å². The van der Waals surface area contributed by atoms with E-state index in [9.17, 15) is 0 Å². The maximum Gasteiger partial charge on any atom is 0.137 e. The number of thiocarbonyl (C=S) groups is 1. The molecule has 0 fully saturated rings. The fourth-order valence-electron chi connectivity index (χ4n) is 1.58. The van der Waals surface area contributed by atoms with Crippen molar-refractivity contribution in [3.05, 3.63) is 58.6 Å². The Labute approximate surface area is 116 Å². The lowest BCUT2D eigenvalue weighted by molar-refractivity contribution is 0.481. The predicted molar refractivity (Wildman–Crippen MR) is 78.6 cm³/mol. The Hall–Kier alpha value is -1.58. The van der Waals surface area contributed by atoms with Gasteiger partial charge in [-0.05, 0) is 37.3 Å². The zero-order chi connectivity index (χ0) is 13.1. The smallest absolute Gasteiger partial charge is 0.137 e. The Morgan fingerprint density at radius 3 is 2.67 bits per heavy atom. The summed E-state index contributed by atoms with van der Waals surface area (Å²) in [5, 5.41) is 0.622. The molecule has 0 unspecified atom stereocenters. The second kappa shape index (κ2) is 5.38. The summed E-state index contributed by atoms with van der Waals surface area (Å²) >= 11 is 10.9. The second-order valence-electron chi connectivity index (χ2n) is 3.92. The molecule has 2 rings (SSSR count). The average molecular weight is 278 g/mol. The maximum absolute atomic E-state index is 5.91. The number of hydrogen-bond donors (Lipinski definition) is 1. The summed E-state index contributed by atoms with van der Waals surface area (Å²) < 4.78 is 5.75. The number of rotatable bonds is 3. The molecular formula is C14H12ClNOS. The minimum absolute atomic E-state index is 0.315. The van der Waals surface area contributed by atoms with Crippen molar-refractivity contribution >= 4 is 28.8 Å². The third-order valence-electron chi connectivity index (χ3n) is 2.42. The molecule has 92 valence electrons. The molecule has 0 bridgehead atoms. The van der Waals surface area contributed by atoms with Gasteiger partial charge < -0.3 is 10.5 Å². The van der Waals surface area contributed by atoms with Crippen LogP contribution in [0.15, 0.2) is 42.5 Å². The van der Waals surface area contributed by atoms with E-state index < -0.39 is 0 Å². The number of aryl methyl sites for hydroxylation is 1. The maximum atomic E-state index is 5.91. The zero-order valence-electron chi connectivity index (χ0n) is 9.81. The molecule has 2 aromatic rings. The van der Waals surface area contributed by atoms with Gasteiger partial charge in [0.05, 0.1) is 5.56 Å². The summed E-state index contributed by atoms with van der Waals surface area (Å²) in [6.45, 7) is 1.98. The van der Waals surface area contributed by atoms with Crippen LogP contribution in [0.5, 0.6) is 11.5 Å². The first-order valence-corrected chi connectivity index (χ1v) is 6.19. The predicted octanol–water partition coefficient (Wildman–Crippen LogP) is 4.07. The average Bonchev–Trinajstić information content (AvgIpc) is 2.31. The summed E-state index contributed by atoms with van der Waals surface area (Å²) in [7, 11) is 0. The van der Waals surface area contributed by atoms with E-state index in [1.807, 2.05) is 37.3 Å². The SMILES string of the molecule is Cc1ccc(Oc2cccc(Cl)c2)c(C(N)=S)c1. The summed E-state index contributed by atoms with van der Waals surface area (Å²) in [6, 6.07) is 12.9. The standard InChI is InChI=1S/C14H12ClNOS/c1-9-5-6-13(12(7-9)14(16)18)17-11-4-2-3-10(15)8-11/h2-8H,1H3,(H2,16,18). The van der Waals surface area contributed by atoms with Crippen LogP contribution < -0.4 is 10.5 Å². The molecule has 0 saturated heterocycles. The van der Waals surface area contributed by atoms with Gasteiger partial charge in [-0.15, -0.1) is 0 Å². The van der Waals surface area contributed by atoms with Gasteiger partial charge >= 0.3 is 0 Å². The minimum atomic E-state index is 0.315. The van der Waals surface area contributed by atoms with Crippen LogP contribution in [0, 0.1) is 6.92 Å². The highest BCUT2D eigenvalue weighted by Crippen LogP contribution is 2.27. The van der Waals surface area contributed by atoms with E-state index >= 15 is 0 Å². The van der Waals surface area contributed by atoms with Crippen molar-refractivity contribution in [2.24, 2.45) is 5.73 Å². The van der Waals surface area contributed by atoms with E-state index in [-0.39, 0.29) is 0 Å². The molecule has 18 heavy (non-hydrogen) atoms. The van der Waals surface area contributed by atoms with Gasteiger partial charge in [0, 0.05) is 5.02 Å². The Morgan fingerprint density at radius 1 is 1.22 bits per heavy atom. The van der Waals surface area contributed by atoms with Crippen LogP contribution in [0.4, 0.5) is 0 Å². The van der Waals surface area contributed by atoms with Crippen molar-refractivity contribution in [1.82, 2.24) is 0 Å². The summed E-state index contributed by atoms with van der Waals surface area (Å²) in [5.41, 5.74) is 7.50. The van der Waals surface area contributed by atoms with Crippen molar-refractivity contribution in [3.63, 3.8) is 0 Å². The Morgan fingerprint density at radius 2 is 2.00 bits per heavy atom. The Bertz CT molecular complexity index is 598. The molecule has 0 aliphatic heterocycles. The van der Waals surface area contributed by atoms with Gasteiger partial charge in [-0.2, -0.15) is 0 Å². The molecule has 0 spiro atoms. The zero-order valence-corrected chi connectivity index (χ0v) is 11.4. The monoisotopic (exact) mass is 277 g/mol. The Kier molecular flexibility index (Phi) is 3.84. The third kappa shape index (κ3) is 3.00. The molecule has 0 atom stereocenters. The minimum Gasteiger partial charge on any atom is -0.457 e. The van der Waals surface area contributed by atoms with E-state index in [0.29, 0.717) is 21.5 Å². The van der Waals surface area contributed by atoms with Crippen molar-refractivity contribution in [1.29, 1.82) is 0 Å². The van der Waals surface area contributed by atoms with Crippen LogP contribution in [0.3, 0.4) is 0 Å². The normalized spacial score (nSPS) is 10.1. The number of hydrogen-bond acceptors (Lipinski definition) is 2. The van der Waals surface area contributed by atoms with Crippen LogP contribution in [-0.2, 0) is 0 Å². The molecule has 4 heteroatoms. The van der Waals surface area contributed by atoms with Gasteiger partial charge in [0.25, 0.3) is 0 Å². The van der Waals surface area contributed by atoms with Gasteiger partial charge in [0.2, 0.25) is 0 Å². The molecule has 0 amide bonds. The van der Waals surface area contributed by atoms with Crippen molar-refractivity contribution in [3.8, 4) is 11.5 Å². The molecule has 0 radical (unpaired) electrons. The van der Waals surface area contributed by atoms with E-state index in [4.69, 9.17) is 34.3 Å². The molecule has 2 nitrogen and oxygen atoms in total. The van der Waals surface area contributed by atoms with Gasteiger partial charge in [0.15, 0.2) is 0 Å². The number of ether oxygens (including phenoxy) is 1. The summed E-state index contributed by atoms with van der Waals surface area (Å²) in [4.78, 5) is 0.315. The third-order valence-corrected chi connectivity index (χ3v) is 2.88. The topological polar surface area (TPSA) is 35.2 Å². The fourth-order valence-corrected chi connectivity index (χ4v) is 1.92. The molecule has 0 heterocycles. The van der Waals surface area contributed by atoms with Crippen LogP contribution in [0.1, 0.15) is 11.1 Å². The molecular weight excluding hydrogens is 266 g/mol. The van der Waals surface area contributed by atoms with Gasteiger partial charge in [-0.3, -0.25) is 0 Å². The lowest BCUT2D eigenvalue weighted by Gasteiger charge is -2.11. The lowest BCUT2D eigenvalue weighted by Crippen LogP contribution is -2.11. The molecule has 2 N–H and O–H groups in total. The van der Waals surface area contributed by atoms with E-state index in [1.165, 1.54) is 0 Å². The number of nitrogens with two attached hydrogens (primary N) is 1. The van der Waals surface area contributed by atoms with Gasteiger partial charge in [-0.1, -0.05) is 41.5 Å². The second-order valence-corrected chi connectivity index (χ2v) is 4.80. The number of benzene rings is 2. The molecule has 0 aliphatic rings. The molecule has 0 saturated carbocycles. The fraction of sp³-hybridized carbons (Fsp3) is 0.0714. The molecule has 0 aromatic heterocycles. The van der Waals surface area contributed by atoms with Crippen LogP contribution in [0.2, 0.25) is 5.02 Å². The van der Waals surface area contributed by atoms with Gasteiger partial charge in [0.1, 0.15) is 16.5 Å². The van der Waals surface area contributed by atoms with Crippen LogP contribution in [0.25, 0.3) is 0 Å².